The molecule has 2 unspecified atom stereocenters. The molecule has 27 heavy (non-hydrogen) atoms. The summed E-state index contributed by atoms with van der Waals surface area (Å²) in [6.45, 7) is 7.08. The first-order valence-electron chi connectivity index (χ1n) is 9.93. The van der Waals surface area contributed by atoms with Crippen molar-refractivity contribution in [2.75, 3.05) is 37.6 Å². The number of nitrogens with zero attached hydrogens (tertiary/aromatic N) is 5. The minimum atomic E-state index is -0.304. The molecule has 0 aromatic carbocycles. The summed E-state index contributed by atoms with van der Waals surface area (Å²) in [6.07, 6.45) is 7.35. The summed E-state index contributed by atoms with van der Waals surface area (Å²) in [4.78, 5) is 21.3. The first-order valence-corrected chi connectivity index (χ1v) is 9.93. The number of hydrogen-bond acceptors (Lipinski definition) is 4. The molecule has 2 N–H and O–H groups in total. The summed E-state index contributed by atoms with van der Waals surface area (Å²) < 4.78 is 1.71. The minimum absolute atomic E-state index is 0.0452. The van der Waals surface area contributed by atoms with E-state index in [-0.39, 0.29) is 17.4 Å². The zero-order valence-corrected chi connectivity index (χ0v) is 16.7. The molecule has 2 fully saturated rings. The van der Waals surface area contributed by atoms with Crippen molar-refractivity contribution < 1.29 is 9.90 Å². The van der Waals surface area contributed by atoms with Gasteiger partial charge in [-0.1, -0.05) is 19.8 Å². The van der Waals surface area contributed by atoms with Crippen molar-refractivity contribution in [3.63, 3.8) is 0 Å². The van der Waals surface area contributed by atoms with Crippen LogP contribution in [0.25, 0.3) is 0 Å². The van der Waals surface area contributed by atoms with Crippen LogP contribution in [0.5, 0.6) is 0 Å². The second-order valence-electron chi connectivity index (χ2n) is 7.92. The van der Waals surface area contributed by atoms with Crippen LogP contribution in [0.15, 0.2) is 17.4 Å². The van der Waals surface area contributed by atoms with Crippen molar-refractivity contribution in [3.8, 4) is 0 Å². The van der Waals surface area contributed by atoms with Crippen LogP contribution < -0.4 is 10.2 Å². The molecule has 2 atom stereocenters. The van der Waals surface area contributed by atoms with Gasteiger partial charge in [-0.3, -0.25) is 14.5 Å². The highest BCUT2D eigenvalue weighted by Gasteiger charge is 2.36. The van der Waals surface area contributed by atoms with E-state index in [2.05, 4.69) is 17.3 Å². The molecule has 1 aromatic rings. The number of aliphatic hydroxyl groups is 1. The van der Waals surface area contributed by atoms with E-state index < -0.39 is 0 Å². The molecule has 1 saturated carbocycles. The van der Waals surface area contributed by atoms with Gasteiger partial charge in [0, 0.05) is 38.3 Å². The quantitative estimate of drug-likeness (QED) is 0.604. The molecule has 0 radical (unpaired) electrons. The van der Waals surface area contributed by atoms with E-state index in [4.69, 9.17) is 4.99 Å². The third-order valence-electron chi connectivity index (χ3n) is 5.73. The van der Waals surface area contributed by atoms with Gasteiger partial charge < -0.3 is 20.2 Å². The van der Waals surface area contributed by atoms with Crippen LogP contribution in [0, 0.1) is 5.41 Å². The Morgan fingerprint density at radius 2 is 2.26 bits per heavy atom. The highest BCUT2D eigenvalue weighted by Crippen LogP contribution is 2.36. The van der Waals surface area contributed by atoms with Crippen LogP contribution in [0.3, 0.4) is 0 Å². The zero-order valence-electron chi connectivity index (χ0n) is 16.7. The van der Waals surface area contributed by atoms with E-state index in [1.807, 2.05) is 25.1 Å². The van der Waals surface area contributed by atoms with Gasteiger partial charge in [0.15, 0.2) is 5.96 Å². The summed E-state index contributed by atoms with van der Waals surface area (Å²) in [7, 11) is 1.85. The van der Waals surface area contributed by atoms with Crippen molar-refractivity contribution in [3.05, 3.63) is 12.4 Å². The topological polar surface area (TPSA) is 86.0 Å². The fraction of sp³-hybridized carbons (Fsp3) is 0.737. The van der Waals surface area contributed by atoms with Crippen LogP contribution in [0.4, 0.5) is 5.69 Å². The lowest BCUT2D eigenvalue weighted by molar-refractivity contribution is -0.120. The summed E-state index contributed by atoms with van der Waals surface area (Å²) in [6, 6.07) is 0. The fourth-order valence-corrected chi connectivity index (χ4v) is 3.92. The minimum Gasteiger partial charge on any atom is -0.392 e. The number of aliphatic hydroxyl groups excluding tert-OH is 1. The molecule has 1 amide bonds. The second-order valence-corrected chi connectivity index (χ2v) is 7.92. The fourth-order valence-electron chi connectivity index (χ4n) is 3.92. The molecule has 1 aromatic heterocycles. The normalized spacial score (nSPS) is 27.2. The van der Waals surface area contributed by atoms with Crippen LogP contribution >= 0.6 is 0 Å². The van der Waals surface area contributed by atoms with E-state index >= 15 is 0 Å². The predicted molar refractivity (Wildman–Crippen MR) is 106 cm³/mol. The monoisotopic (exact) mass is 376 g/mol. The van der Waals surface area contributed by atoms with Crippen LogP contribution in [-0.2, 0) is 11.8 Å². The summed E-state index contributed by atoms with van der Waals surface area (Å²) >= 11 is 0. The number of aromatic nitrogens is 2. The molecular weight excluding hydrogens is 344 g/mol. The van der Waals surface area contributed by atoms with Gasteiger partial charge in [-0.25, -0.2) is 0 Å². The molecule has 150 valence electrons. The maximum absolute atomic E-state index is 12.7. The van der Waals surface area contributed by atoms with E-state index in [0.29, 0.717) is 26.2 Å². The van der Waals surface area contributed by atoms with E-state index in [1.165, 1.54) is 0 Å². The van der Waals surface area contributed by atoms with Crippen molar-refractivity contribution in [1.29, 1.82) is 0 Å². The third-order valence-corrected chi connectivity index (χ3v) is 5.73. The number of aryl methyl sites for hydroxylation is 1. The molecular formula is C19H32N6O2. The van der Waals surface area contributed by atoms with Gasteiger partial charge in [0.1, 0.15) is 6.54 Å². The Balaban J connectivity index is 1.67. The van der Waals surface area contributed by atoms with E-state index in [1.54, 1.807) is 15.8 Å². The lowest BCUT2D eigenvalue weighted by atomic mass is 9.73. The maximum Gasteiger partial charge on any atom is 0.246 e. The average molecular weight is 377 g/mol. The van der Waals surface area contributed by atoms with Crippen LogP contribution in [0.2, 0.25) is 0 Å². The highest BCUT2D eigenvalue weighted by atomic mass is 16.3. The zero-order chi connectivity index (χ0) is 19.4. The molecule has 0 bridgehead atoms. The van der Waals surface area contributed by atoms with Gasteiger partial charge in [-0.2, -0.15) is 5.10 Å². The van der Waals surface area contributed by atoms with Gasteiger partial charge in [0.25, 0.3) is 0 Å². The lowest BCUT2D eigenvalue weighted by Crippen LogP contribution is -2.55. The second kappa shape index (κ2) is 8.29. The molecule has 0 spiro atoms. The van der Waals surface area contributed by atoms with Gasteiger partial charge in [-0.15, -0.1) is 0 Å². The smallest absolute Gasteiger partial charge is 0.246 e. The largest absolute Gasteiger partial charge is 0.392 e. The number of piperazine rings is 1. The summed E-state index contributed by atoms with van der Waals surface area (Å²) in [5.41, 5.74) is 0.655. The number of hydrogen-bond donors (Lipinski definition) is 2. The molecule has 8 nitrogen and oxygen atoms in total. The Hall–Kier alpha value is -2.09. The number of carbonyl (C=O) groups excluding carboxylic acids is 1. The molecule has 3 rings (SSSR count). The average Bonchev–Trinajstić information content (AvgIpc) is 3.07. The van der Waals surface area contributed by atoms with Crippen molar-refractivity contribution in [2.24, 2.45) is 17.5 Å². The molecule has 2 heterocycles. The van der Waals surface area contributed by atoms with Crippen molar-refractivity contribution in [1.82, 2.24) is 20.0 Å². The number of aliphatic imine (C=N–C) groups is 1. The maximum atomic E-state index is 12.7. The van der Waals surface area contributed by atoms with Crippen molar-refractivity contribution in [2.45, 2.75) is 45.6 Å². The van der Waals surface area contributed by atoms with Gasteiger partial charge in [0.2, 0.25) is 5.91 Å². The first-order chi connectivity index (χ1) is 12.9. The van der Waals surface area contributed by atoms with Gasteiger partial charge >= 0.3 is 0 Å². The Morgan fingerprint density at radius 1 is 1.44 bits per heavy atom. The predicted octanol–water partition coefficient (Wildman–Crippen LogP) is 0.975. The number of carbonyl (C=O) groups is 1. The Bertz CT molecular complexity index is 687. The standard InChI is InChI=1S/C19H32N6O2/c1-4-20-18(21-14-19(2)8-6-5-7-16(19)26)24-9-10-25(17(27)13-24)15-11-22-23(3)12-15/h11-12,16,26H,4-10,13-14H2,1-3H3,(H,20,21). The van der Waals surface area contributed by atoms with E-state index in [0.717, 1.165) is 43.9 Å². The highest BCUT2D eigenvalue weighted by molar-refractivity contribution is 5.98. The molecule has 1 aliphatic heterocycles. The SMILES string of the molecule is CCNC(=NCC1(C)CCCCC1O)N1CCN(c2cnn(C)c2)C(=O)C1. The Kier molecular flexibility index (Phi) is 6.04. The van der Waals surface area contributed by atoms with Gasteiger partial charge in [-0.05, 0) is 19.8 Å². The molecule has 1 aliphatic carbocycles. The number of anilines is 1. The Labute approximate surface area is 161 Å². The number of guanidine groups is 1. The molecule has 8 heteroatoms. The lowest BCUT2D eigenvalue weighted by Gasteiger charge is -2.38. The van der Waals surface area contributed by atoms with Crippen LogP contribution in [-0.4, -0.2) is 70.5 Å². The number of rotatable bonds is 4. The number of nitrogens with one attached hydrogen (secondary N) is 1. The Morgan fingerprint density at radius 3 is 2.89 bits per heavy atom. The van der Waals surface area contributed by atoms with Crippen molar-refractivity contribution >= 4 is 17.6 Å². The molecule has 2 aliphatic rings. The first kappa shape index (κ1) is 19.7. The van der Waals surface area contributed by atoms with Crippen LogP contribution in [0.1, 0.15) is 39.5 Å². The number of amides is 1. The molecule has 1 saturated heterocycles. The van der Waals surface area contributed by atoms with E-state index in [9.17, 15) is 9.90 Å². The van der Waals surface area contributed by atoms with Gasteiger partial charge in [0.05, 0.1) is 24.5 Å². The summed E-state index contributed by atoms with van der Waals surface area (Å²) in [5, 5.41) is 17.9. The third kappa shape index (κ3) is 4.43. The summed E-state index contributed by atoms with van der Waals surface area (Å²) in [5.74, 6) is 0.805.